The fourth-order valence-corrected chi connectivity index (χ4v) is 2.46. The van der Waals surface area contributed by atoms with Crippen molar-refractivity contribution in [3.63, 3.8) is 0 Å². The van der Waals surface area contributed by atoms with Crippen LogP contribution in [0, 0.1) is 16.7 Å². The molecule has 62 valence electrons. The second kappa shape index (κ2) is 3.35. The van der Waals surface area contributed by atoms with E-state index in [4.69, 9.17) is 10.8 Å². The zero-order chi connectivity index (χ0) is 8.59. The van der Waals surface area contributed by atoms with Crippen LogP contribution in [0.5, 0.6) is 0 Å². The zero-order valence-corrected chi connectivity index (χ0v) is 9.37. The maximum absolute atomic E-state index is 7.56. The summed E-state index contributed by atoms with van der Waals surface area (Å²) in [5.41, 5.74) is 0.843. The predicted octanol–water partition coefficient (Wildman–Crippen LogP) is 2.59. The van der Waals surface area contributed by atoms with Crippen molar-refractivity contribution < 1.29 is 0 Å². The fourth-order valence-electron chi connectivity index (χ4n) is 1.17. The summed E-state index contributed by atoms with van der Waals surface area (Å²) >= 11 is 6.78. The van der Waals surface area contributed by atoms with Crippen LogP contribution in [-0.2, 0) is 0 Å². The van der Waals surface area contributed by atoms with Crippen molar-refractivity contribution in [1.29, 1.82) is 10.8 Å². The van der Waals surface area contributed by atoms with Crippen LogP contribution >= 0.6 is 31.9 Å². The van der Waals surface area contributed by atoms with E-state index in [0.717, 1.165) is 6.42 Å². The third-order valence-electron chi connectivity index (χ3n) is 1.96. The highest BCUT2D eigenvalue weighted by Gasteiger charge is 2.32. The Labute approximate surface area is 83.0 Å². The highest BCUT2D eigenvalue weighted by atomic mass is 79.9. The van der Waals surface area contributed by atoms with Crippen molar-refractivity contribution in [2.75, 3.05) is 0 Å². The molecule has 0 bridgehead atoms. The molecule has 0 aromatic carbocycles. The van der Waals surface area contributed by atoms with Crippen molar-refractivity contribution in [2.45, 2.75) is 23.0 Å². The number of hydrogen-bond acceptors (Lipinski definition) is 2. The van der Waals surface area contributed by atoms with Crippen molar-refractivity contribution in [3.8, 4) is 0 Å². The van der Waals surface area contributed by atoms with Gasteiger partial charge in [0.2, 0.25) is 0 Å². The number of rotatable bonds is 0. The lowest BCUT2D eigenvalue weighted by Gasteiger charge is -2.29. The quantitative estimate of drug-likeness (QED) is 0.642. The summed E-state index contributed by atoms with van der Waals surface area (Å²) in [5, 5.41) is 15.1. The van der Waals surface area contributed by atoms with E-state index in [9.17, 15) is 0 Å². The van der Waals surface area contributed by atoms with E-state index < -0.39 is 0 Å². The summed E-state index contributed by atoms with van der Waals surface area (Å²) in [7, 11) is 0. The molecule has 0 heterocycles. The van der Waals surface area contributed by atoms with E-state index in [0.29, 0.717) is 17.3 Å². The summed E-state index contributed by atoms with van der Waals surface area (Å²) < 4.78 is 0. The van der Waals surface area contributed by atoms with Gasteiger partial charge in [0.05, 0.1) is 21.1 Å². The first kappa shape index (κ1) is 9.39. The first-order valence-corrected chi connectivity index (χ1v) is 5.32. The largest absolute Gasteiger partial charge is 0.302 e. The first-order valence-electron chi connectivity index (χ1n) is 3.49. The molecule has 0 radical (unpaired) electrons. The third-order valence-corrected chi connectivity index (χ3v) is 4.15. The summed E-state index contributed by atoms with van der Waals surface area (Å²) in [5.74, 6) is 0.445. The molecule has 0 saturated heterocycles. The SMILES string of the molecule is CC1CC(Br)C(=N)C(=N)[C@H]1Br. The Morgan fingerprint density at radius 1 is 1.27 bits per heavy atom. The number of halogens is 2. The molecule has 3 atom stereocenters. The Kier molecular flexibility index (Phi) is 2.86. The van der Waals surface area contributed by atoms with Gasteiger partial charge < -0.3 is 10.8 Å². The summed E-state index contributed by atoms with van der Waals surface area (Å²) in [6.07, 6.45) is 0.942. The minimum atomic E-state index is 0.0730. The molecule has 11 heavy (non-hydrogen) atoms. The molecule has 0 aromatic heterocycles. The monoisotopic (exact) mass is 280 g/mol. The molecule has 2 unspecified atom stereocenters. The van der Waals surface area contributed by atoms with Crippen molar-refractivity contribution in [2.24, 2.45) is 5.92 Å². The Balaban J connectivity index is 2.79. The molecule has 1 saturated carbocycles. The second-order valence-corrected chi connectivity index (χ2v) is 5.00. The van der Waals surface area contributed by atoms with E-state index in [1.165, 1.54) is 0 Å². The van der Waals surface area contributed by atoms with E-state index in [1.807, 2.05) is 0 Å². The first-order chi connectivity index (χ1) is 5.04. The van der Waals surface area contributed by atoms with Gasteiger partial charge in [0.25, 0.3) is 0 Å². The summed E-state index contributed by atoms with van der Waals surface area (Å²) in [6, 6.07) is 0. The molecule has 0 spiro atoms. The van der Waals surface area contributed by atoms with E-state index in [-0.39, 0.29) is 9.65 Å². The van der Waals surface area contributed by atoms with Crippen LogP contribution < -0.4 is 0 Å². The van der Waals surface area contributed by atoms with Gasteiger partial charge in [-0.1, -0.05) is 38.8 Å². The van der Waals surface area contributed by atoms with Crippen LogP contribution in [0.3, 0.4) is 0 Å². The van der Waals surface area contributed by atoms with Gasteiger partial charge in [-0.2, -0.15) is 0 Å². The lowest BCUT2D eigenvalue weighted by molar-refractivity contribution is 0.579. The second-order valence-electron chi connectivity index (χ2n) is 2.91. The number of alkyl halides is 2. The number of nitrogens with one attached hydrogen (secondary N) is 2. The lowest BCUT2D eigenvalue weighted by atomic mass is 9.88. The Bertz CT molecular complexity index is 203. The third kappa shape index (κ3) is 1.72. The highest BCUT2D eigenvalue weighted by Crippen LogP contribution is 2.29. The van der Waals surface area contributed by atoms with Crippen LogP contribution in [0.4, 0.5) is 0 Å². The Morgan fingerprint density at radius 2 is 1.82 bits per heavy atom. The highest BCUT2D eigenvalue weighted by molar-refractivity contribution is 9.10. The minimum absolute atomic E-state index is 0.0730. The normalized spacial score (nSPS) is 39.4. The van der Waals surface area contributed by atoms with Crippen LogP contribution in [0.25, 0.3) is 0 Å². The van der Waals surface area contributed by atoms with Gasteiger partial charge in [-0.05, 0) is 12.3 Å². The summed E-state index contributed by atoms with van der Waals surface area (Å²) in [6.45, 7) is 2.09. The van der Waals surface area contributed by atoms with E-state index >= 15 is 0 Å². The predicted molar refractivity (Wildman–Crippen MR) is 54.7 cm³/mol. The van der Waals surface area contributed by atoms with Crippen LogP contribution in [0.15, 0.2) is 0 Å². The molecule has 1 rings (SSSR count). The molecule has 0 aromatic rings. The molecule has 4 heteroatoms. The lowest BCUT2D eigenvalue weighted by Crippen LogP contribution is -2.40. The van der Waals surface area contributed by atoms with Crippen LogP contribution in [0.1, 0.15) is 13.3 Å². The number of hydrogen-bond donors (Lipinski definition) is 2. The van der Waals surface area contributed by atoms with Crippen molar-refractivity contribution in [3.05, 3.63) is 0 Å². The maximum Gasteiger partial charge on any atom is 0.0672 e. The average Bonchev–Trinajstić information content (AvgIpc) is 1.97. The van der Waals surface area contributed by atoms with Gasteiger partial charge in [-0.15, -0.1) is 0 Å². The van der Waals surface area contributed by atoms with Gasteiger partial charge in [-0.3, -0.25) is 0 Å². The Hall–Kier alpha value is 0.300. The standard InChI is InChI=1S/C7H10Br2N2/c1-3-2-4(8)6(10)7(11)5(3)9/h3-5,10-11H,2H2,1H3/t3?,4?,5-/m0/s1. The smallest absolute Gasteiger partial charge is 0.0672 e. The fraction of sp³-hybridized carbons (Fsp3) is 0.714. The molecule has 0 amide bonds. The van der Waals surface area contributed by atoms with Gasteiger partial charge in [0.15, 0.2) is 0 Å². The zero-order valence-electron chi connectivity index (χ0n) is 6.20. The molecule has 1 fully saturated rings. The Morgan fingerprint density at radius 3 is 2.36 bits per heavy atom. The van der Waals surface area contributed by atoms with E-state index in [1.54, 1.807) is 0 Å². The summed E-state index contributed by atoms with van der Waals surface area (Å²) in [4.78, 5) is 0.155. The maximum atomic E-state index is 7.56. The minimum Gasteiger partial charge on any atom is -0.302 e. The molecule has 0 aliphatic heterocycles. The van der Waals surface area contributed by atoms with Crippen molar-refractivity contribution >= 4 is 43.3 Å². The van der Waals surface area contributed by atoms with E-state index in [2.05, 4.69) is 38.8 Å². The molecule has 2 N–H and O–H groups in total. The van der Waals surface area contributed by atoms with Crippen molar-refractivity contribution in [1.82, 2.24) is 0 Å². The topological polar surface area (TPSA) is 47.7 Å². The molecule has 2 nitrogen and oxygen atoms in total. The molecule has 1 aliphatic rings. The molecular formula is C7H10Br2N2. The van der Waals surface area contributed by atoms with Gasteiger partial charge in [0.1, 0.15) is 0 Å². The van der Waals surface area contributed by atoms with Crippen LogP contribution in [0.2, 0.25) is 0 Å². The van der Waals surface area contributed by atoms with Gasteiger partial charge in [-0.25, -0.2) is 0 Å². The van der Waals surface area contributed by atoms with Gasteiger partial charge in [0, 0.05) is 0 Å². The average molecular weight is 282 g/mol. The van der Waals surface area contributed by atoms with Gasteiger partial charge >= 0.3 is 0 Å². The van der Waals surface area contributed by atoms with Crippen LogP contribution in [-0.4, -0.2) is 21.1 Å². The molecular weight excluding hydrogens is 272 g/mol. The molecule has 1 aliphatic carbocycles.